The van der Waals surface area contributed by atoms with E-state index >= 15 is 0 Å². The number of halogens is 1. The Labute approximate surface area is 72.2 Å². The molecule has 0 amide bonds. The molecule has 0 bridgehead atoms. The maximum absolute atomic E-state index is 10.9. The van der Waals surface area contributed by atoms with Gasteiger partial charge in [0, 0.05) is 6.07 Å². The Morgan fingerprint density at radius 2 is 2.17 bits per heavy atom. The van der Waals surface area contributed by atoms with Crippen molar-refractivity contribution in [2.45, 2.75) is 0 Å². The number of rotatable bonds is 0. The van der Waals surface area contributed by atoms with E-state index in [1.165, 1.54) is 12.4 Å². The lowest BCUT2D eigenvalue weighted by Gasteiger charge is -1.95. The van der Waals surface area contributed by atoms with Crippen LogP contribution in [0.2, 0.25) is 5.15 Å². The Morgan fingerprint density at radius 1 is 1.33 bits per heavy atom. The number of fused-ring (bicyclic) bond motifs is 1. The molecular weight excluding hydrogens is 178 g/mol. The van der Waals surface area contributed by atoms with Crippen molar-refractivity contribution < 1.29 is 0 Å². The molecule has 0 unspecified atom stereocenters. The Bertz CT molecular complexity index is 479. The van der Waals surface area contributed by atoms with Crippen molar-refractivity contribution in [2.75, 3.05) is 0 Å². The summed E-state index contributed by atoms with van der Waals surface area (Å²) >= 11 is 5.71. The third kappa shape index (κ3) is 1.06. The van der Waals surface area contributed by atoms with Crippen LogP contribution in [0.25, 0.3) is 11.0 Å². The normalized spacial score (nSPS) is 10.4. The molecule has 60 valence electrons. The van der Waals surface area contributed by atoms with Crippen LogP contribution < -0.4 is 5.56 Å². The molecule has 2 aromatic heterocycles. The molecule has 0 aromatic carbocycles. The Balaban J connectivity index is 2.97. The minimum atomic E-state index is -0.209. The predicted molar refractivity (Wildman–Crippen MR) is 45.2 cm³/mol. The van der Waals surface area contributed by atoms with Gasteiger partial charge in [0.1, 0.15) is 11.8 Å². The van der Waals surface area contributed by atoms with Crippen LogP contribution in [-0.4, -0.2) is 15.0 Å². The number of aromatic amines is 1. The van der Waals surface area contributed by atoms with Gasteiger partial charge in [0.05, 0.1) is 5.52 Å². The molecule has 4 nitrogen and oxygen atoms in total. The van der Waals surface area contributed by atoms with Crippen molar-refractivity contribution in [1.29, 1.82) is 0 Å². The van der Waals surface area contributed by atoms with Gasteiger partial charge in [-0.05, 0) is 6.07 Å². The summed E-state index contributed by atoms with van der Waals surface area (Å²) in [6, 6.07) is 2.99. The maximum atomic E-state index is 10.9. The van der Waals surface area contributed by atoms with Crippen LogP contribution >= 0.6 is 11.6 Å². The fraction of sp³-hybridized carbons (Fsp3) is 0. The highest BCUT2D eigenvalue weighted by Gasteiger charge is 1.99. The zero-order valence-corrected chi connectivity index (χ0v) is 6.67. The van der Waals surface area contributed by atoms with E-state index in [-0.39, 0.29) is 10.7 Å². The van der Waals surface area contributed by atoms with Gasteiger partial charge in [-0.3, -0.25) is 4.79 Å². The number of nitrogens with zero attached hydrogens (tertiary/aromatic N) is 2. The fourth-order valence-electron chi connectivity index (χ4n) is 0.938. The molecule has 1 N–H and O–H groups in total. The third-order valence-corrected chi connectivity index (χ3v) is 1.76. The fourth-order valence-corrected chi connectivity index (χ4v) is 1.13. The van der Waals surface area contributed by atoms with E-state index < -0.39 is 0 Å². The Hall–Kier alpha value is -1.42. The van der Waals surface area contributed by atoms with E-state index in [9.17, 15) is 4.79 Å². The quantitative estimate of drug-likeness (QED) is 0.617. The van der Waals surface area contributed by atoms with Gasteiger partial charge in [0.25, 0.3) is 0 Å². The van der Waals surface area contributed by atoms with Gasteiger partial charge in [-0.2, -0.15) is 0 Å². The predicted octanol–water partition coefficient (Wildman–Crippen LogP) is 0.971. The first-order chi connectivity index (χ1) is 5.77. The Morgan fingerprint density at radius 3 is 3.00 bits per heavy atom. The summed E-state index contributed by atoms with van der Waals surface area (Å²) in [5.74, 6) is 0. The van der Waals surface area contributed by atoms with Gasteiger partial charge in [-0.25, -0.2) is 9.97 Å². The molecule has 0 saturated carbocycles. The van der Waals surface area contributed by atoms with Crippen LogP contribution in [0.4, 0.5) is 0 Å². The van der Waals surface area contributed by atoms with Gasteiger partial charge in [-0.15, -0.1) is 0 Å². The zero-order chi connectivity index (χ0) is 8.55. The zero-order valence-electron chi connectivity index (χ0n) is 5.91. The number of aromatic nitrogens is 3. The molecule has 0 aliphatic rings. The summed E-state index contributed by atoms with van der Waals surface area (Å²) in [7, 11) is 0. The highest BCUT2D eigenvalue weighted by atomic mass is 35.5. The van der Waals surface area contributed by atoms with Crippen LogP contribution in [0.5, 0.6) is 0 Å². The van der Waals surface area contributed by atoms with E-state index in [0.29, 0.717) is 11.0 Å². The lowest BCUT2D eigenvalue weighted by atomic mass is 10.4. The number of pyridine rings is 1. The maximum Gasteiger partial charge on any atom is 0.248 e. The van der Waals surface area contributed by atoms with Crippen molar-refractivity contribution >= 4 is 22.6 Å². The van der Waals surface area contributed by atoms with E-state index in [2.05, 4.69) is 15.0 Å². The summed E-state index contributed by atoms with van der Waals surface area (Å²) in [6.45, 7) is 0. The summed E-state index contributed by atoms with van der Waals surface area (Å²) < 4.78 is 0. The van der Waals surface area contributed by atoms with E-state index in [1.807, 2.05) is 0 Å². The lowest BCUT2D eigenvalue weighted by Crippen LogP contribution is -2.03. The van der Waals surface area contributed by atoms with Crippen molar-refractivity contribution in [3.63, 3.8) is 0 Å². The second kappa shape index (κ2) is 2.57. The molecule has 2 heterocycles. The van der Waals surface area contributed by atoms with Gasteiger partial charge in [0.15, 0.2) is 5.15 Å². The SMILES string of the molecule is O=c1ccc2ncnc(Cl)c2[nH]1. The van der Waals surface area contributed by atoms with Gasteiger partial charge < -0.3 is 4.98 Å². The highest BCUT2D eigenvalue weighted by Crippen LogP contribution is 2.13. The van der Waals surface area contributed by atoms with Crippen LogP contribution in [0, 0.1) is 0 Å². The van der Waals surface area contributed by atoms with E-state index in [1.54, 1.807) is 6.07 Å². The number of H-pyrrole nitrogens is 1. The molecule has 5 heteroatoms. The number of hydrogen-bond donors (Lipinski definition) is 1. The summed E-state index contributed by atoms with van der Waals surface area (Å²) in [4.78, 5) is 21.1. The Kier molecular flexibility index (Phi) is 1.55. The molecule has 0 atom stereocenters. The molecular formula is C7H4ClN3O. The standard InChI is InChI=1S/C7H4ClN3O/c8-7-6-4(9-3-10-7)1-2-5(12)11-6/h1-3H,(H,11,12). The molecule has 2 rings (SSSR count). The van der Waals surface area contributed by atoms with Gasteiger partial charge >= 0.3 is 0 Å². The summed E-state index contributed by atoms with van der Waals surface area (Å²) in [6.07, 6.45) is 1.35. The van der Waals surface area contributed by atoms with Crippen LogP contribution in [-0.2, 0) is 0 Å². The molecule has 0 fully saturated rings. The molecule has 0 saturated heterocycles. The number of nitrogens with one attached hydrogen (secondary N) is 1. The first-order valence-corrected chi connectivity index (χ1v) is 3.65. The summed E-state index contributed by atoms with van der Waals surface area (Å²) in [5, 5.41) is 0.262. The van der Waals surface area contributed by atoms with Crippen molar-refractivity contribution in [1.82, 2.24) is 15.0 Å². The first-order valence-electron chi connectivity index (χ1n) is 3.27. The second-order valence-electron chi connectivity index (χ2n) is 2.25. The van der Waals surface area contributed by atoms with Crippen molar-refractivity contribution in [3.05, 3.63) is 34.0 Å². The average Bonchev–Trinajstić information content (AvgIpc) is 2.07. The molecule has 12 heavy (non-hydrogen) atoms. The molecule has 0 aliphatic carbocycles. The molecule has 0 spiro atoms. The van der Waals surface area contributed by atoms with E-state index in [4.69, 9.17) is 11.6 Å². The van der Waals surface area contributed by atoms with Crippen LogP contribution in [0.3, 0.4) is 0 Å². The molecule has 0 radical (unpaired) electrons. The average molecular weight is 182 g/mol. The second-order valence-corrected chi connectivity index (χ2v) is 2.61. The summed E-state index contributed by atoms with van der Waals surface area (Å²) in [5.41, 5.74) is 0.903. The van der Waals surface area contributed by atoms with E-state index in [0.717, 1.165) is 0 Å². The van der Waals surface area contributed by atoms with Crippen molar-refractivity contribution in [3.8, 4) is 0 Å². The third-order valence-electron chi connectivity index (χ3n) is 1.47. The van der Waals surface area contributed by atoms with Crippen molar-refractivity contribution in [2.24, 2.45) is 0 Å². The molecule has 0 aliphatic heterocycles. The number of hydrogen-bond acceptors (Lipinski definition) is 3. The minimum absolute atomic E-state index is 0.209. The van der Waals surface area contributed by atoms with Crippen LogP contribution in [0.1, 0.15) is 0 Å². The smallest absolute Gasteiger partial charge is 0.248 e. The largest absolute Gasteiger partial charge is 0.318 e. The van der Waals surface area contributed by atoms with Gasteiger partial charge in [-0.1, -0.05) is 11.6 Å². The highest BCUT2D eigenvalue weighted by molar-refractivity contribution is 6.33. The minimum Gasteiger partial charge on any atom is -0.318 e. The van der Waals surface area contributed by atoms with Crippen LogP contribution in [0.15, 0.2) is 23.3 Å². The first kappa shape index (κ1) is 7.24. The van der Waals surface area contributed by atoms with Gasteiger partial charge in [0.2, 0.25) is 5.56 Å². The molecule has 2 aromatic rings. The monoisotopic (exact) mass is 181 g/mol. The topological polar surface area (TPSA) is 58.6 Å². The lowest BCUT2D eigenvalue weighted by molar-refractivity contribution is 1.18.